The molecule has 9 aromatic rings. The normalized spacial score (nSPS) is 14.5. The Morgan fingerprint density at radius 3 is 1.54 bits per heavy atom. The second kappa shape index (κ2) is 12.6. The lowest BCUT2D eigenvalue weighted by Gasteiger charge is -2.46. The highest BCUT2D eigenvalue weighted by atomic mass is 32.2. The van der Waals surface area contributed by atoms with Gasteiger partial charge in [0.2, 0.25) is 0 Å². The summed E-state index contributed by atoms with van der Waals surface area (Å²) in [4.78, 5) is 7.49. The van der Waals surface area contributed by atoms with Crippen molar-refractivity contribution in [2.45, 2.75) is 9.79 Å². The summed E-state index contributed by atoms with van der Waals surface area (Å²) in [7, 11) is 0. The smallest absolute Gasteiger partial charge is 0.260 e. The fourth-order valence-corrected chi connectivity index (χ4v) is 12.8. The lowest BCUT2D eigenvalue weighted by molar-refractivity contribution is 0.464. The molecule has 0 N–H and O–H groups in total. The van der Waals surface area contributed by atoms with E-state index in [1.807, 2.05) is 17.8 Å². The zero-order valence-electron chi connectivity index (χ0n) is 33.7. The quantitative estimate of drug-likeness (QED) is 0.168. The highest BCUT2D eigenvalue weighted by Gasteiger charge is 2.50. The Kier molecular flexibility index (Phi) is 6.81. The van der Waals surface area contributed by atoms with Gasteiger partial charge in [-0.1, -0.05) is 126 Å². The maximum Gasteiger partial charge on any atom is 0.260 e. The number of para-hydroxylation sites is 4. The summed E-state index contributed by atoms with van der Waals surface area (Å²) in [6.45, 7) is -0.175. The van der Waals surface area contributed by atoms with Crippen LogP contribution < -0.4 is 73.2 Å². The van der Waals surface area contributed by atoms with E-state index in [4.69, 9.17) is 14.2 Å². The molecule has 0 aliphatic carbocycles. The number of anilines is 6. The van der Waals surface area contributed by atoms with Crippen LogP contribution in [0.25, 0.3) is 0 Å². The number of nitrogens with zero attached hydrogens (tertiary/aromatic N) is 2. The maximum atomic E-state index is 7.04. The number of fused-ring (bicyclic) bond motifs is 13. The third-order valence-corrected chi connectivity index (χ3v) is 15.1. The molecule has 0 atom stereocenters. The van der Waals surface area contributed by atoms with Crippen LogP contribution in [0.4, 0.5) is 34.1 Å². The molecule has 0 saturated heterocycles. The molecule has 15 rings (SSSR count). The first-order valence-electron chi connectivity index (χ1n) is 21.6. The number of ether oxygens (including phenoxy) is 3. The molecule has 6 aliphatic rings. The molecule has 9 heteroatoms. The summed E-state index contributed by atoms with van der Waals surface area (Å²) < 4.78 is 20.6. The minimum atomic E-state index is -0.131. The largest absolute Gasteiger partial charge is 0.458 e. The maximum absolute atomic E-state index is 7.04. The summed E-state index contributed by atoms with van der Waals surface area (Å²) in [6.07, 6.45) is 0. The van der Waals surface area contributed by atoms with Crippen LogP contribution in [-0.2, 0) is 0 Å². The molecular formula is C54H31B3N2O3S. The molecule has 290 valence electrons. The Balaban J connectivity index is 1.07. The summed E-state index contributed by atoms with van der Waals surface area (Å²) in [5, 5.41) is 0. The van der Waals surface area contributed by atoms with E-state index >= 15 is 0 Å². The van der Waals surface area contributed by atoms with E-state index < -0.39 is 0 Å². The fourth-order valence-electron chi connectivity index (χ4n) is 11.4. The van der Waals surface area contributed by atoms with Gasteiger partial charge in [0.1, 0.15) is 34.5 Å². The van der Waals surface area contributed by atoms with Crippen LogP contribution in [0, 0.1) is 0 Å². The van der Waals surface area contributed by atoms with Crippen LogP contribution in [-0.4, -0.2) is 20.1 Å². The van der Waals surface area contributed by atoms with Gasteiger partial charge in [-0.2, -0.15) is 0 Å². The average Bonchev–Trinajstić information content (AvgIpc) is 3.33. The molecule has 6 heterocycles. The zero-order valence-corrected chi connectivity index (χ0v) is 34.5. The van der Waals surface area contributed by atoms with Crippen molar-refractivity contribution < 1.29 is 14.2 Å². The fraction of sp³-hybridized carbons (Fsp3) is 0. The number of hydrogen-bond donors (Lipinski definition) is 0. The molecule has 6 aliphatic heterocycles. The lowest BCUT2D eigenvalue weighted by atomic mass is 9.29. The average molecular weight is 820 g/mol. The molecule has 0 amide bonds. The molecule has 0 spiro atoms. The third-order valence-electron chi connectivity index (χ3n) is 13.9. The van der Waals surface area contributed by atoms with Crippen LogP contribution in [0.5, 0.6) is 34.5 Å². The van der Waals surface area contributed by atoms with Gasteiger partial charge in [0.15, 0.2) is 0 Å². The van der Waals surface area contributed by atoms with Crippen molar-refractivity contribution >= 4 is 115 Å². The lowest BCUT2D eigenvalue weighted by Crippen LogP contribution is -2.66. The predicted octanol–water partition coefficient (Wildman–Crippen LogP) is 7.58. The van der Waals surface area contributed by atoms with Gasteiger partial charge in [0, 0.05) is 61.5 Å². The Labute approximate surface area is 369 Å². The first-order valence-corrected chi connectivity index (χ1v) is 22.4. The second-order valence-corrected chi connectivity index (χ2v) is 18.1. The van der Waals surface area contributed by atoms with E-state index in [0.717, 1.165) is 85.0 Å². The van der Waals surface area contributed by atoms with Crippen LogP contribution >= 0.6 is 11.8 Å². The molecule has 0 saturated carbocycles. The molecule has 0 unspecified atom stereocenters. The molecule has 5 nitrogen and oxygen atoms in total. The van der Waals surface area contributed by atoms with Crippen LogP contribution in [0.2, 0.25) is 0 Å². The van der Waals surface area contributed by atoms with Crippen molar-refractivity contribution in [2.24, 2.45) is 0 Å². The van der Waals surface area contributed by atoms with Gasteiger partial charge in [-0.05, 0) is 105 Å². The molecule has 9 aromatic carbocycles. The molecule has 0 fully saturated rings. The van der Waals surface area contributed by atoms with Crippen molar-refractivity contribution in [2.75, 3.05) is 9.80 Å². The standard InChI is InChI=1S/C54H31B3N2O3S/c1-3-15-32(16-4-1)58-39-22-13-23-40-50(39)57(37-29-38-47(30-41(37)58)62-46-27-14-26-45-52(46)56(38)35-20-8-10-24-43(35)60-45)51-42(59(40)33-17-5-2-6-18-33)31-48-53-54(51)63-49-28-12-9-21-36(49)55(53)34-19-7-11-25-44(34)61-48/h1-31H. The van der Waals surface area contributed by atoms with Crippen molar-refractivity contribution in [1.29, 1.82) is 0 Å². The molecule has 0 radical (unpaired) electrons. The summed E-state index contributed by atoms with van der Waals surface area (Å²) in [5.41, 5.74) is 17.7. The highest BCUT2D eigenvalue weighted by molar-refractivity contribution is 8.00. The van der Waals surface area contributed by atoms with E-state index in [0.29, 0.717) is 0 Å². The first-order chi connectivity index (χ1) is 31.3. The SMILES string of the molecule is c1ccc(N2c3cc4c(cc3B3c5c2cccc5N(c2ccccc2)c2cc5c6c(c23)Sc2ccccc2B6c2ccccc2O5)B2c3ccccc3Oc3cccc(c32)O4)cc1. The monoisotopic (exact) mass is 820 g/mol. The van der Waals surface area contributed by atoms with Crippen LogP contribution in [0.15, 0.2) is 198 Å². The predicted molar refractivity (Wildman–Crippen MR) is 260 cm³/mol. The second-order valence-electron chi connectivity index (χ2n) is 17.0. The van der Waals surface area contributed by atoms with Crippen molar-refractivity contribution in [3.8, 4) is 34.5 Å². The Hall–Kier alpha value is -7.48. The minimum absolute atomic E-state index is 0.0268. The Bertz CT molecular complexity index is 3450. The topological polar surface area (TPSA) is 34.2 Å². The van der Waals surface area contributed by atoms with E-state index in [9.17, 15) is 0 Å². The van der Waals surface area contributed by atoms with Gasteiger partial charge in [-0.25, -0.2) is 0 Å². The first kappa shape index (κ1) is 34.2. The van der Waals surface area contributed by atoms with E-state index in [1.54, 1.807) is 0 Å². The van der Waals surface area contributed by atoms with Crippen molar-refractivity contribution in [3.05, 3.63) is 188 Å². The number of rotatable bonds is 2. The summed E-state index contributed by atoms with van der Waals surface area (Å²) in [6, 6.07) is 67.9. The van der Waals surface area contributed by atoms with Crippen LogP contribution in [0.3, 0.4) is 0 Å². The molecular weight excluding hydrogens is 789 g/mol. The summed E-state index contributed by atoms with van der Waals surface area (Å²) >= 11 is 1.90. The van der Waals surface area contributed by atoms with E-state index in [2.05, 4.69) is 192 Å². The van der Waals surface area contributed by atoms with Gasteiger partial charge in [0.25, 0.3) is 20.1 Å². The van der Waals surface area contributed by atoms with Crippen LogP contribution in [0.1, 0.15) is 0 Å². The highest BCUT2D eigenvalue weighted by Crippen LogP contribution is 2.48. The Morgan fingerprint density at radius 2 is 0.841 bits per heavy atom. The molecule has 63 heavy (non-hydrogen) atoms. The van der Waals surface area contributed by atoms with Crippen molar-refractivity contribution in [1.82, 2.24) is 0 Å². The Morgan fingerprint density at radius 1 is 0.317 bits per heavy atom. The summed E-state index contributed by atoms with van der Waals surface area (Å²) in [5.74, 6) is 5.26. The van der Waals surface area contributed by atoms with E-state index in [1.165, 1.54) is 42.6 Å². The minimum Gasteiger partial charge on any atom is -0.458 e. The number of hydrogen-bond acceptors (Lipinski definition) is 6. The van der Waals surface area contributed by atoms with Gasteiger partial charge in [0.05, 0.1) is 0 Å². The molecule has 0 bridgehead atoms. The third kappa shape index (κ3) is 4.57. The molecule has 0 aromatic heterocycles. The van der Waals surface area contributed by atoms with Gasteiger partial charge < -0.3 is 24.0 Å². The van der Waals surface area contributed by atoms with Gasteiger partial charge in [-0.15, -0.1) is 0 Å². The van der Waals surface area contributed by atoms with Gasteiger partial charge >= 0.3 is 0 Å². The van der Waals surface area contributed by atoms with Crippen molar-refractivity contribution in [3.63, 3.8) is 0 Å². The van der Waals surface area contributed by atoms with E-state index in [-0.39, 0.29) is 20.1 Å². The van der Waals surface area contributed by atoms with Gasteiger partial charge in [-0.3, -0.25) is 0 Å². The number of benzene rings is 9. The zero-order chi connectivity index (χ0) is 40.9.